The third-order valence-corrected chi connectivity index (χ3v) is 11.7. The van der Waals surface area contributed by atoms with Crippen LogP contribution in [-0.4, -0.2) is 13.1 Å². The van der Waals surface area contributed by atoms with Gasteiger partial charge in [0.25, 0.3) is 0 Å². The van der Waals surface area contributed by atoms with E-state index in [0.717, 1.165) is 11.3 Å². The number of nitrogens with zero attached hydrogens (tertiary/aromatic N) is 1. The van der Waals surface area contributed by atoms with E-state index in [-0.39, 0.29) is 0 Å². The van der Waals surface area contributed by atoms with Crippen LogP contribution in [0.25, 0.3) is 22.4 Å². The van der Waals surface area contributed by atoms with E-state index >= 15 is 0 Å². The number of hydrogen-bond donors (Lipinski definition) is 0. The summed E-state index contributed by atoms with van der Waals surface area (Å²) < 4.78 is 0. The third kappa shape index (κ3) is 2.74. The van der Waals surface area contributed by atoms with Gasteiger partial charge in [0.2, 0.25) is 0 Å². The average molecular weight is 446 g/mol. The first-order valence-corrected chi connectivity index (χ1v) is 13.1. The molecule has 0 atom stereocenters. The summed E-state index contributed by atoms with van der Waals surface area (Å²) in [6, 6.07) is 41.5. The lowest BCUT2D eigenvalue weighted by Crippen LogP contribution is -2.72. The van der Waals surface area contributed by atoms with E-state index in [1.54, 1.807) is 0 Å². The van der Waals surface area contributed by atoms with Crippen molar-refractivity contribution in [2.45, 2.75) is 0 Å². The predicted molar refractivity (Wildman–Crippen MR) is 137 cm³/mol. The van der Waals surface area contributed by atoms with Gasteiger partial charge in [-0.2, -0.15) is 0 Å². The Hall–Kier alpha value is -3.46. The maximum atomic E-state index is 6.55. The van der Waals surface area contributed by atoms with Crippen molar-refractivity contribution in [2.24, 2.45) is 0 Å². The van der Waals surface area contributed by atoms with Crippen LogP contribution in [0.15, 0.2) is 121 Å². The van der Waals surface area contributed by atoms with Crippen LogP contribution in [0.2, 0.25) is 5.02 Å². The highest BCUT2D eigenvalue weighted by molar-refractivity contribution is 7.22. The van der Waals surface area contributed by atoms with Crippen LogP contribution in [0, 0.1) is 0 Å². The molecule has 0 aliphatic carbocycles. The first-order chi connectivity index (χ1) is 15.8. The molecule has 1 aromatic heterocycles. The van der Waals surface area contributed by atoms with Crippen LogP contribution in [-0.2, 0) is 0 Å². The minimum atomic E-state index is -2.48. The number of hydrogen-bond acceptors (Lipinski definition) is 1. The predicted octanol–water partition coefficient (Wildman–Crippen LogP) is 4.76. The fourth-order valence-electron chi connectivity index (χ4n) is 5.19. The SMILES string of the molecule is Clc1cccnc1-c1ccc2c(c1)[Si](c1ccccc1)(c1ccccc1)c1ccccc1-2. The molecule has 0 radical (unpaired) electrons. The zero-order chi connectivity index (χ0) is 21.5. The van der Waals surface area contributed by atoms with Crippen LogP contribution in [0.1, 0.15) is 0 Å². The van der Waals surface area contributed by atoms with Gasteiger partial charge in [0.1, 0.15) is 0 Å². The summed E-state index contributed by atoms with van der Waals surface area (Å²) in [4.78, 5) is 4.60. The van der Waals surface area contributed by atoms with Crippen molar-refractivity contribution in [2.75, 3.05) is 0 Å². The Morgan fingerprint density at radius 1 is 0.562 bits per heavy atom. The van der Waals surface area contributed by atoms with E-state index in [2.05, 4.69) is 108 Å². The molecule has 1 aliphatic heterocycles. The second-order valence-electron chi connectivity index (χ2n) is 8.12. The summed E-state index contributed by atoms with van der Waals surface area (Å²) in [7, 11) is -2.48. The maximum absolute atomic E-state index is 6.55. The molecule has 152 valence electrons. The van der Waals surface area contributed by atoms with Crippen molar-refractivity contribution in [1.29, 1.82) is 0 Å². The molecule has 0 fully saturated rings. The molecular formula is C29H20ClNSi. The molecule has 1 nitrogen and oxygen atoms in total. The van der Waals surface area contributed by atoms with E-state index in [9.17, 15) is 0 Å². The molecule has 0 saturated carbocycles. The molecular weight excluding hydrogens is 426 g/mol. The van der Waals surface area contributed by atoms with Crippen molar-refractivity contribution in [3.63, 3.8) is 0 Å². The Kier molecular flexibility index (Phi) is 4.56. The lowest BCUT2D eigenvalue weighted by molar-refractivity contribution is 1.33. The second kappa shape index (κ2) is 7.59. The molecule has 32 heavy (non-hydrogen) atoms. The van der Waals surface area contributed by atoms with Gasteiger partial charge in [0.15, 0.2) is 8.07 Å². The van der Waals surface area contributed by atoms with Crippen LogP contribution in [0.5, 0.6) is 0 Å². The minimum Gasteiger partial charge on any atom is -0.255 e. The van der Waals surface area contributed by atoms with E-state index in [1.807, 2.05) is 18.3 Å². The molecule has 0 saturated heterocycles. The van der Waals surface area contributed by atoms with Crippen LogP contribution < -0.4 is 20.7 Å². The molecule has 0 N–H and O–H groups in total. The van der Waals surface area contributed by atoms with Crippen LogP contribution in [0.4, 0.5) is 0 Å². The zero-order valence-corrected chi connectivity index (χ0v) is 19.1. The summed E-state index contributed by atoms with van der Waals surface area (Å²) in [6.07, 6.45) is 1.81. The topological polar surface area (TPSA) is 12.9 Å². The number of fused-ring (bicyclic) bond motifs is 3. The summed E-state index contributed by atoms with van der Waals surface area (Å²) >= 11 is 6.55. The molecule has 1 aliphatic rings. The van der Waals surface area contributed by atoms with Gasteiger partial charge in [-0.3, -0.25) is 4.98 Å². The van der Waals surface area contributed by atoms with Crippen molar-refractivity contribution in [3.8, 4) is 22.4 Å². The molecule has 2 heterocycles. The second-order valence-corrected chi connectivity index (χ2v) is 12.3. The smallest absolute Gasteiger partial charge is 0.180 e. The third-order valence-electron chi connectivity index (χ3n) is 6.49. The van der Waals surface area contributed by atoms with Gasteiger partial charge in [-0.25, -0.2) is 0 Å². The fourth-order valence-corrected chi connectivity index (χ4v) is 10.6. The number of pyridine rings is 1. The Balaban J connectivity index is 1.74. The Morgan fingerprint density at radius 2 is 1.19 bits per heavy atom. The Bertz CT molecular complexity index is 1390. The van der Waals surface area contributed by atoms with Crippen molar-refractivity contribution in [3.05, 3.63) is 126 Å². The largest absolute Gasteiger partial charge is 0.255 e. The van der Waals surface area contributed by atoms with E-state index in [4.69, 9.17) is 11.6 Å². The van der Waals surface area contributed by atoms with E-state index in [0.29, 0.717) is 5.02 Å². The molecule has 0 unspecified atom stereocenters. The van der Waals surface area contributed by atoms with Crippen molar-refractivity contribution >= 4 is 40.4 Å². The molecule has 0 spiro atoms. The summed E-state index contributed by atoms with van der Waals surface area (Å²) in [6.45, 7) is 0. The van der Waals surface area contributed by atoms with Gasteiger partial charge in [-0.05, 0) is 44.0 Å². The highest BCUT2D eigenvalue weighted by Crippen LogP contribution is 2.32. The van der Waals surface area contributed by atoms with Gasteiger partial charge in [-0.15, -0.1) is 0 Å². The lowest BCUT2D eigenvalue weighted by Gasteiger charge is -2.31. The van der Waals surface area contributed by atoms with Crippen molar-refractivity contribution < 1.29 is 0 Å². The van der Waals surface area contributed by atoms with Crippen LogP contribution >= 0.6 is 11.6 Å². The summed E-state index contributed by atoms with van der Waals surface area (Å²) in [5.41, 5.74) is 4.54. The summed E-state index contributed by atoms with van der Waals surface area (Å²) in [5, 5.41) is 6.30. The number of halogens is 1. The number of benzene rings is 4. The van der Waals surface area contributed by atoms with E-state index < -0.39 is 8.07 Å². The Labute approximate surface area is 194 Å². The van der Waals surface area contributed by atoms with Gasteiger partial charge in [-0.1, -0.05) is 115 Å². The standard InChI is InChI=1S/C29H20ClNSi/c30-26-15-9-19-31-29(26)21-17-18-25-24-14-7-8-16-27(24)32(28(25)20-21,22-10-3-1-4-11-22)23-12-5-2-6-13-23/h1-20H. The normalized spacial score (nSPS) is 13.4. The molecule has 0 amide bonds. The van der Waals surface area contributed by atoms with Crippen LogP contribution in [0.3, 0.4) is 0 Å². The molecule has 3 heteroatoms. The highest BCUT2D eigenvalue weighted by Gasteiger charge is 2.48. The molecule has 6 rings (SSSR count). The average Bonchev–Trinajstić information content (AvgIpc) is 3.16. The number of rotatable bonds is 3. The zero-order valence-electron chi connectivity index (χ0n) is 17.4. The minimum absolute atomic E-state index is 0.676. The Morgan fingerprint density at radius 3 is 1.88 bits per heavy atom. The quantitative estimate of drug-likeness (QED) is 0.358. The maximum Gasteiger partial charge on any atom is 0.180 e. The fraction of sp³-hybridized carbons (Fsp3) is 0. The monoisotopic (exact) mass is 445 g/mol. The first-order valence-electron chi connectivity index (χ1n) is 10.8. The van der Waals surface area contributed by atoms with Gasteiger partial charge in [0, 0.05) is 11.8 Å². The molecule has 5 aromatic rings. The first kappa shape index (κ1) is 19.2. The number of aromatic nitrogens is 1. The highest BCUT2D eigenvalue weighted by atomic mass is 35.5. The lowest BCUT2D eigenvalue weighted by atomic mass is 10.0. The van der Waals surface area contributed by atoms with Gasteiger partial charge < -0.3 is 0 Å². The summed E-state index contributed by atoms with van der Waals surface area (Å²) in [5.74, 6) is 0. The van der Waals surface area contributed by atoms with Crippen molar-refractivity contribution in [1.82, 2.24) is 4.98 Å². The van der Waals surface area contributed by atoms with Gasteiger partial charge >= 0.3 is 0 Å². The molecule has 4 aromatic carbocycles. The van der Waals surface area contributed by atoms with E-state index in [1.165, 1.54) is 31.9 Å². The van der Waals surface area contributed by atoms with Gasteiger partial charge in [0.05, 0.1) is 10.7 Å². The molecule has 0 bridgehead atoms.